The molecule has 120 valence electrons. The molecule has 0 atom stereocenters. The molecule has 0 rings (SSSR count). The molecule has 0 spiro atoms. The van der Waals surface area contributed by atoms with Gasteiger partial charge in [0.1, 0.15) is 0 Å². The van der Waals surface area contributed by atoms with Crippen molar-refractivity contribution in [2.45, 2.75) is 47.1 Å². The van der Waals surface area contributed by atoms with Crippen LogP contribution in [-0.4, -0.2) is 50.2 Å². The van der Waals surface area contributed by atoms with E-state index >= 15 is 0 Å². The van der Waals surface area contributed by atoms with Gasteiger partial charge >= 0.3 is 0 Å². The van der Waals surface area contributed by atoms with Crippen LogP contribution in [0.25, 0.3) is 0 Å². The molecule has 0 bridgehead atoms. The quantitative estimate of drug-likeness (QED) is 0.763. The highest BCUT2D eigenvalue weighted by Crippen LogP contribution is 1.98. The fourth-order valence-corrected chi connectivity index (χ4v) is 1.09. The summed E-state index contributed by atoms with van der Waals surface area (Å²) in [5.41, 5.74) is -0.177. The number of carbonyl (C=O) groups excluding carboxylic acids is 1. The fraction of sp³-hybridized carbons (Fsp3) is 0.812. The van der Waals surface area contributed by atoms with E-state index in [1.807, 2.05) is 33.9 Å². The molecular weight excluding hydrogens is 252 g/mol. The van der Waals surface area contributed by atoms with Gasteiger partial charge in [0, 0.05) is 31.8 Å². The van der Waals surface area contributed by atoms with E-state index in [4.69, 9.17) is 4.74 Å². The van der Waals surface area contributed by atoms with Crippen LogP contribution in [0.1, 0.15) is 41.5 Å². The Labute approximate surface area is 125 Å². The van der Waals surface area contributed by atoms with Crippen LogP contribution in [0.3, 0.4) is 0 Å². The molecule has 0 fully saturated rings. The Morgan fingerprint density at radius 3 is 2.20 bits per heavy atom. The van der Waals surface area contributed by atoms with Gasteiger partial charge in [-0.25, -0.2) is 0 Å². The first-order valence-electron chi connectivity index (χ1n) is 7.24. The maximum Gasteiger partial charge on any atom is 0.244 e. The van der Waals surface area contributed by atoms with Crippen LogP contribution in [0.2, 0.25) is 0 Å². The summed E-state index contributed by atoms with van der Waals surface area (Å²) >= 11 is 0. The normalized spacial score (nSPS) is 11.7. The predicted molar refractivity (Wildman–Crippen MR) is 86.9 cm³/mol. The van der Waals surface area contributed by atoms with Crippen LogP contribution < -0.4 is 5.32 Å². The third-order valence-electron chi connectivity index (χ3n) is 1.86. The number of amides is 1. The van der Waals surface area contributed by atoms with Gasteiger partial charge in [-0.15, -0.1) is 0 Å². The SMILES string of the molecule is CC(C)C.COCCN(C)C/C=C/C(=O)NC(C)(C)C. The summed E-state index contributed by atoms with van der Waals surface area (Å²) in [6.07, 6.45) is 3.44. The zero-order valence-electron chi connectivity index (χ0n) is 14.6. The number of methoxy groups -OCH3 is 1. The van der Waals surface area contributed by atoms with Gasteiger partial charge in [-0.3, -0.25) is 4.79 Å². The van der Waals surface area contributed by atoms with E-state index in [0.29, 0.717) is 6.61 Å². The predicted octanol–water partition coefficient (Wildman–Crippen LogP) is 2.70. The maximum absolute atomic E-state index is 11.4. The lowest BCUT2D eigenvalue weighted by Gasteiger charge is -2.19. The summed E-state index contributed by atoms with van der Waals surface area (Å²) in [5.74, 6) is 0.785. The summed E-state index contributed by atoms with van der Waals surface area (Å²) in [4.78, 5) is 13.5. The third-order valence-corrected chi connectivity index (χ3v) is 1.86. The number of ether oxygens (including phenoxy) is 1. The highest BCUT2D eigenvalue weighted by molar-refractivity contribution is 5.87. The highest BCUT2D eigenvalue weighted by atomic mass is 16.5. The van der Waals surface area contributed by atoms with Gasteiger partial charge in [0.2, 0.25) is 5.91 Å². The van der Waals surface area contributed by atoms with Crippen molar-refractivity contribution in [1.29, 1.82) is 0 Å². The molecule has 0 saturated heterocycles. The van der Waals surface area contributed by atoms with Gasteiger partial charge in [0.25, 0.3) is 0 Å². The molecule has 1 N–H and O–H groups in total. The Morgan fingerprint density at radius 2 is 1.80 bits per heavy atom. The first kappa shape index (κ1) is 21.4. The van der Waals surface area contributed by atoms with Crippen LogP contribution in [-0.2, 0) is 9.53 Å². The molecule has 4 heteroatoms. The molecule has 0 aromatic heterocycles. The molecule has 0 saturated carbocycles. The summed E-state index contributed by atoms with van der Waals surface area (Å²) < 4.78 is 4.96. The van der Waals surface area contributed by atoms with E-state index in [1.165, 1.54) is 0 Å². The van der Waals surface area contributed by atoms with Gasteiger partial charge in [0.05, 0.1) is 6.61 Å². The molecule has 0 aliphatic carbocycles. The number of hydrogen-bond acceptors (Lipinski definition) is 3. The van der Waals surface area contributed by atoms with Gasteiger partial charge in [-0.2, -0.15) is 0 Å². The van der Waals surface area contributed by atoms with E-state index < -0.39 is 0 Å². The summed E-state index contributed by atoms with van der Waals surface area (Å²) in [6.45, 7) is 14.7. The van der Waals surface area contributed by atoms with Crippen molar-refractivity contribution in [2.75, 3.05) is 33.9 Å². The molecule has 0 heterocycles. The minimum atomic E-state index is -0.177. The molecule has 0 aliphatic heterocycles. The van der Waals surface area contributed by atoms with E-state index in [9.17, 15) is 4.79 Å². The first-order chi connectivity index (χ1) is 9.08. The van der Waals surface area contributed by atoms with Crippen LogP contribution in [0.4, 0.5) is 0 Å². The second kappa shape index (κ2) is 11.9. The van der Waals surface area contributed by atoms with E-state index in [2.05, 4.69) is 31.0 Å². The van der Waals surface area contributed by atoms with Crippen molar-refractivity contribution in [3.05, 3.63) is 12.2 Å². The van der Waals surface area contributed by atoms with Gasteiger partial charge in [0.15, 0.2) is 0 Å². The number of nitrogens with zero attached hydrogens (tertiary/aromatic N) is 1. The van der Waals surface area contributed by atoms with Crippen molar-refractivity contribution >= 4 is 5.91 Å². The lowest BCUT2D eigenvalue weighted by atomic mass is 10.1. The zero-order valence-corrected chi connectivity index (χ0v) is 14.6. The summed E-state index contributed by atoms with van der Waals surface area (Å²) in [7, 11) is 3.67. The molecular formula is C16H34N2O2. The maximum atomic E-state index is 11.4. The minimum absolute atomic E-state index is 0.0485. The topological polar surface area (TPSA) is 41.6 Å². The summed E-state index contributed by atoms with van der Waals surface area (Å²) in [6, 6.07) is 0. The van der Waals surface area contributed by atoms with Crippen LogP contribution in [0.15, 0.2) is 12.2 Å². The lowest BCUT2D eigenvalue weighted by molar-refractivity contribution is -0.117. The Morgan fingerprint density at radius 1 is 1.30 bits per heavy atom. The van der Waals surface area contributed by atoms with E-state index in [-0.39, 0.29) is 11.4 Å². The van der Waals surface area contributed by atoms with Crippen molar-refractivity contribution in [3.63, 3.8) is 0 Å². The van der Waals surface area contributed by atoms with E-state index in [0.717, 1.165) is 19.0 Å². The number of nitrogens with one attached hydrogen (secondary N) is 1. The molecule has 1 amide bonds. The van der Waals surface area contributed by atoms with Crippen molar-refractivity contribution < 1.29 is 9.53 Å². The van der Waals surface area contributed by atoms with Gasteiger partial charge < -0.3 is 15.0 Å². The first-order valence-corrected chi connectivity index (χ1v) is 7.24. The molecule has 0 aliphatic rings. The van der Waals surface area contributed by atoms with Crippen molar-refractivity contribution in [1.82, 2.24) is 10.2 Å². The molecule has 0 aromatic carbocycles. The average molecular weight is 286 g/mol. The summed E-state index contributed by atoms with van der Waals surface area (Å²) in [5, 5.41) is 2.87. The van der Waals surface area contributed by atoms with Crippen molar-refractivity contribution in [2.24, 2.45) is 5.92 Å². The molecule has 0 radical (unpaired) electrons. The third kappa shape index (κ3) is 22.3. The second-order valence-corrected chi connectivity index (χ2v) is 6.63. The highest BCUT2D eigenvalue weighted by Gasteiger charge is 2.10. The second-order valence-electron chi connectivity index (χ2n) is 6.63. The van der Waals surface area contributed by atoms with Gasteiger partial charge in [-0.1, -0.05) is 26.8 Å². The Kier molecular flexibility index (Phi) is 12.8. The number of likely N-dealkylation sites (N-methyl/N-ethyl adjacent to an activating group) is 1. The lowest BCUT2D eigenvalue weighted by Crippen LogP contribution is -2.39. The average Bonchev–Trinajstić information content (AvgIpc) is 2.23. The fourth-order valence-electron chi connectivity index (χ4n) is 1.09. The molecule has 0 unspecified atom stereocenters. The van der Waals surface area contributed by atoms with Crippen LogP contribution in [0.5, 0.6) is 0 Å². The van der Waals surface area contributed by atoms with Crippen LogP contribution in [0, 0.1) is 5.92 Å². The smallest absolute Gasteiger partial charge is 0.244 e. The zero-order chi connectivity index (χ0) is 16.2. The Hall–Kier alpha value is -0.870. The van der Waals surface area contributed by atoms with Crippen molar-refractivity contribution in [3.8, 4) is 0 Å². The standard InChI is InChI=1S/C12H24N2O2.C4H10/c1-12(2,3)13-11(15)7-6-8-14(4)9-10-16-5;1-4(2)3/h6-7H,8-10H2,1-5H3,(H,13,15);4H,1-3H3/b7-6+;. The number of carbonyl (C=O) groups is 1. The molecule has 0 aromatic rings. The Bertz CT molecular complexity index is 265. The monoisotopic (exact) mass is 286 g/mol. The largest absolute Gasteiger partial charge is 0.383 e. The number of hydrogen-bond donors (Lipinski definition) is 1. The molecule has 20 heavy (non-hydrogen) atoms. The minimum Gasteiger partial charge on any atom is -0.383 e. The number of rotatable bonds is 6. The van der Waals surface area contributed by atoms with Crippen LogP contribution >= 0.6 is 0 Å². The van der Waals surface area contributed by atoms with Gasteiger partial charge in [-0.05, 0) is 33.7 Å². The van der Waals surface area contributed by atoms with E-state index in [1.54, 1.807) is 13.2 Å². The Balaban J connectivity index is 0. The molecule has 4 nitrogen and oxygen atoms in total.